The predicted molar refractivity (Wildman–Crippen MR) is 106 cm³/mol. The fraction of sp³-hybridized carbons (Fsp3) is 0.444. The zero-order valence-electron chi connectivity index (χ0n) is 15.0. The van der Waals surface area contributed by atoms with Gasteiger partial charge < -0.3 is 4.90 Å². The number of hydrogen-bond donors (Lipinski definition) is 1. The summed E-state index contributed by atoms with van der Waals surface area (Å²) in [5, 5.41) is 13.8. The van der Waals surface area contributed by atoms with Gasteiger partial charge in [0.2, 0.25) is 0 Å². The molecule has 2 aromatic heterocycles. The first-order chi connectivity index (χ1) is 13.0. The molecule has 142 valence electrons. The third-order valence-corrected chi connectivity index (χ3v) is 5.95. The van der Waals surface area contributed by atoms with Gasteiger partial charge in [0, 0.05) is 30.8 Å². The van der Waals surface area contributed by atoms with Crippen molar-refractivity contribution in [2.24, 2.45) is 11.8 Å². The Morgan fingerprint density at radius 3 is 2.70 bits per heavy atom. The van der Waals surface area contributed by atoms with Crippen molar-refractivity contribution in [2.45, 2.75) is 25.8 Å². The molecule has 4 heterocycles. The standard InChI is InChI=1S/C18H21Cl2N7/c1-12(26-5-2-6-27(26)22)14-9-15(19)16-17(20)23-11-25(16)18(14)24-7-3-13(10-21)4-8-24/h2,5,9,11-13H,3-4,6-8,22H2,1H3. The topological polar surface area (TPSA) is 76.8 Å². The van der Waals surface area contributed by atoms with Crippen molar-refractivity contribution in [1.29, 1.82) is 5.26 Å². The molecule has 0 radical (unpaired) electrons. The molecule has 2 aliphatic heterocycles. The number of imidazole rings is 1. The van der Waals surface area contributed by atoms with Crippen LogP contribution in [0.25, 0.3) is 5.52 Å². The molecule has 1 atom stereocenters. The Labute approximate surface area is 168 Å². The minimum absolute atomic E-state index is 0.0273. The summed E-state index contributed by atoms with van der Waals surface area (Å²) in [6, 6.07) is 4.32. The minimum atomic E-state index is -0.0273. The number of nitrogens with two attached hydrogens (primary N) is 1. The molecule has 2 aliphatic rings. The van der Waals surface area contributed by atoms with E-state index in [1.165, 1.54) is 0 Å². The zero-order valence-corrected chi connectivity index (χ0v) is 16.5. The first kappa shape index (κ1) is 18.4. The van der Waals surface area contributed by atoms with Crippen molar-refractivity contribution in [3.05, 3.63) is 40.4 Å². The van der Waals surface area contributed by atoms with E-state index in [9.17, 15) is 5.26 Å². The Morgan fingerprint density at radius 2 is 2.07 bits per heavy atom. The third kappa shape index (κ3) is 3.13. The number of piperidine rings is 1. The second-order valence-corrected chi connectivity index (χ2v) is 7.74. The fourth-order valence-corrected chi connectivity index (χ4v) is 4.49. The Hall–Kier alpha value is -1.98. The molecular weight excluding hydrogens is 385 g/mol. The van der Waals surface area contributed by atoms with Crippen LogP contribution in [0.15, 0.2) is 24.7 Å². The van der Waals surface area contributed by atoms with Crippen LogP contribution in [0.3, 0.4) is 0 Å². The highest BCUT2D eigenvalue weighted by atomic mass is 35.5. The molecule has 2 N–H and O–H groups in total. The smallest absolute Gasteiger partial charge is 0.156 e. The highest BCUT2D eigenvalue weighted by molar-refractivity contribution is 6.39. The second kappa shape index (κ2) is 7.21. The first-order valence-corrected chi connectivity index (χ1v) is 9.73. The van der Waals surface area contributed by atoms with Gasteiger partial charge >= 0.3 is 0 Å². The molecular formula is C18H21Cl2N7. The largest absolute Gasteiger partial charge is 0.357 e. The van der Waals surface area contributed by atoms with Gasteiger partial charge in [-0.05, 0) is 31.9 Å². The monoisotopic (exact) mass is 405 g/mol. The van der Waals surface area contributed by atoms with E-state index >= 15 is 0 Å². The number of hydrazine groups is 2. The number of halogens is 2. The number of nitriles is 1. The summed E-state index contributed by atoms with van der Waals surface area (Å²) in [5.74, 6) is 7.23. The van der Waals surface area contributed by atoms with Crippen LogP contribution >= 0.6 is 23.2 Å². The van der Waals surface area contributed by atoms with E-state index in [4.69, 9.17) is 29.0 Å². The lowest BCUT2D eigenvalue weighted by molar-refractivity contribution is 0.0158. The Kier molecular flexibility index (Phi) is 4.91. The Balaban J connectivity index is 1.83. The molecule has 9 heteroatoms. The molecule has 0 saturated carbocycles. The molecule has 4 rings (SSSR count). The lowest BCUT2D eigenvalue weighted by Gasteiger charge is -2.37. The van der Waals surface area contributed by atoms with Gasteiger partial charge in [-0.3, -0.25) is 15.3 Å². The first-order valence-electron chi connectivity index (χ1n) is 8.98. The summed E-state index contributed by atoms with van der Waals surface area (Å²) in [4.78, 5) is 6.55. The zero-order chi connectivity index (χ0) is 19.1. The summed E-state index contributed by atoms with van der Waals surface area (Å²) in [5.41, 5.74) is 1.74. The number of aromatic nitrogens is 2. The molecule has 1 saturated heterocycles. The normalized spacial score (nSPS) is 19.8. The molecule has 0 aromatic carbocycles. The van der Waals surface area contributed by atoms with E-state index in [0.29, 0.717) is 22.2 Å². The van der Waals surface area contributed by atoms with Crippen LogP contribution < -0.4 is 10.7 Å². The number of hydrogen-bond acceptors (Lipinski definition) is 6. The minimum Gasteiger partial charge on any atom is -0.357 e. The maximum Gasteiger partial charge on any atom is 0.156 e. The number of fused-ring (bicyclic) bond motifs is 1. The van der Waals surface area contributed by atoms with Crippen LogP contribution in [0.1, 0.15) is 31.4 Å². The van der Waals surface area contributed by atoms with Crippen LogP contribution in [-0.4, -0.2) is 39.1 Å². The van der Waals surface area contributed by atoms with Crippen LogP contribution in [0.4, 0.5) is 5.82 Å². The molecule has 0 spiro atoms. The lowest BCUT2D eigenvalue weighted by atomic mass is 9.97. The van der Waals surface area contributed by atoms with E-state index in [2.05, 4.69) is 22.9 Å². The summed E-state index contributed by atoms with van der Waals surface area (Å²) < 4.78 is 1.96. The van der Waals surface area contributed by atoms with Crippen molar-refractivity contribution in [3.8, 4) is 6.07 Å². The molecule has 0 bridgehead atoms. The molecule has 1 unspecified atom stereocenters. The van der Waals surface area contributed by atoms with Gasteiger partial charge in [-0.25, -0.2) is 4.98 Å². The molecule has 27 heavy (non-hydrogen) atoms. The molecule has 7 nitrogen and oxygen atoms in total. The van der Waals surface area contributed by atoms with E-state index < -0.39 is 0 Å². The summed E-state index contributed by atoms with van der Waals surface area (Å²) in [7, 11) is 0. The summed E-state index contributed by atoms with van der Waals surface area (Å²) in [6.45, 7) is 4.36. The van der Waals surface area contributed by atoms with Crippen LogP contribution in [0.2, 0.25) is 10.2 Å². The fourth-order valence-electron chi connectivity index (χ4n) is 3.91. The van der Waals surface area contributed by atoms with Gasteiger partial charge in [-0.15, -0.1) is 0 Å². The maximum atomic E-state index is 9.22. The highest BCUT2D eigenvalue weighted by Gasteiger charge is 2.29. The van der Waals surface area contributed by atoms with E-state index in [1.54, 1.807) is 11.4 Å². The molecule has 0 amide bonds. The summed E-state index contributed by atoms with van der Waals surface area (Å²) >= 11 is 12.9. The molecule has 1 fully saturated rings. The number of anilines is 1. The quantitative estimate of drug-likeness (QED) is 0.788. The second-order valence-electron chi connectivity index (χ2n) is 6.98. The SMILES string of the molecule is CC(c1cc(Cl)c2c(Cl)ncn2c1N1CCC(C#N)CC1)N1C=CCN1N. The van der Waals surface area contributed by atoms with Crippen molar-refractivity contribution < 1.29 is 0 Å². The van der Waals surface area contributed by atoms with Gasteiger partial charge in [0.25, 0.3) is 0 Å². The molecule has 2 aromatic rings. The number of nitrogens with zero attached hydrogens (tertiary/aromatic N) is 6. The maximum absolute atomic E-state index is 9.22. The average Bonchev–Trinajstić information content (AvgIpc) is 3.27. The van der Waals surface area contributed by atoms with E-state index in [0.717, 1.165) is 37.3 Å². The van der Waals surface area contributed by atoms with E-state index in [-0.39, 0.29) is 12.0 Å². The van der Waals surface area contributed by atoms with Gasteiger partial charge in [0.1, 0.15) is 17.7 Å². The summed E-state index contributed by atoms with van der Waals surface area (Å²) in [6.07, 6.45) is 7.39. The van der Waals surface area contributed by atoms with Crippen molar-refractivity contribution in [1.82, 2.24) is 19.5 Å². The third-order valence-electron chi connectivity index (χ3n) is 5.39. The predicted octanol–water partition coefficient (Wildman–Crippen LogP) is 3.36. The number of rotatable bonds is 3. The van der Waals surface area contributed by atoms with Crippen LogP contribution in [-0.2, 0) is 0 Å². The average molecular weight is 406 g/mol. The van der Waals surface area contributed by atoms with Crippen molar-refractivity contribution in [2.75, 3.05) is 24.5 Å². The van der Waals surface area contributed by atoms with Crippen molar-refractivity contribution in [3.63, 3.8) is 0 Å². The van der Waals surface area contributed by atoms with Crippen LogP contribution in [0, 0.1) is 17.2 Å². The number of pyridine rings is 1. The van der Waals surface area contributed by atoms with E-state index in [1.807, 2.05) is 27.8 Å². The van der Waals surface area contributed by atoms with Gasteiger partial charge in [-0.1, -0.05) is 23.2 Å². The Bertz CT molecular complexity index is 924. The highest BCUT2D eigenvalue weighted by Crippen LogP contribution is 2.39. The molecule has 0 aliphatic carbocycles. The van der Waals surface area contributed by atoms with Gasteiger partial charge in [0.05, 0.1) is 23.7 Å². The van der Waals surface area contributed by atoms with Gasteiger partial charge in [-0.2, -0.15) is 10.4 Å². The lowest BCUT2D eigenvalue weighted by Crippen LogP contribution is -2.43. The van der Waals surface area contributed by atoms with Crippen molar-refractivity contribution >= 4 is 34.5 Å². The van der Waals surface area contributed by atoms with Gasteiger partial charge in [0.15, 0.2) is 5.15 Å². The van der Waals surface area contributed by atoms with Crippen LogP contribution in [0.5, 0.6) is 0 Å². The Morgan fingerprint density at radius 1 is 1.33 bits per heavy atom.